The number of nitro benzene ring substituents is 1. The van der Waals surface area contributed by atoms with Crippen LogP contribution in [0, 0.1) is 10.1 Å². The number of nitro groups is 1. The van der Waals surface area contributed by atoms with Crippen LogP contribution in [0.3, 0.4) is 0 Å². The normalized spacial score (nSPS) is 14.4. The molecule has 2 aromatic rings. The number of alkyl halides is 3. The quantitative estimate of drug-likeness (QED) is 0.635. The molecule has 1 aliphatic rings. The third-order valence-corrected chi connectivity index (χ3v) is 3.84. The van der Waals surface area contributed by atoms with E-state index >= 15 is 0 Å². The number of carbonyl (C=O) groups is 1. The minimum Gasteiger partial charge on any atom is -0.309 e. The van der Waals surface area contributed by atoms with Crippen molar-refractivity contribution in [2.75, 3.05) is 5.32 Å². The molecule has 0 unspecified atom stereocenters. The van der Waals surface area contributed by atoms with Crippen LogP contribution >= 0.6 is 0 Å². The van der Waals surface area contributed by atoms with Gasteiger partial charge >= 0.3 is 6.18 Å². The smallest absolute Gasteiger partial charge is 0.309 e. The molecule has 3 rings (SSSR count). The molecule has 0 radical (unpaired) electrons. The van der Waals surface area contributed by atoms with E-state index < -0.39 is 34.7 Å². The first-order valence-corrected chi connectivity index (χ1v) is 7.43. The van der Waals surface area contributed by atoms with E-state index in [-0.39, 0.29) is 11.4 Å². The molecule has 0 spiro atoms. The molecule has 0 bridgehead atoms. The van der Waals surface area contributed by atoms with Crippen LogP contribution in [-0.4, -0.2) is 21.0 Å². The molecule has 10 heteroatoms. The molecule has 1 aromatic carbocycles. The molecule has 1 heterocycles. The second-order valence-electron chi connectivity index (χ2n) is 5.81. The number of halogens is 3. The van der Waals surface area contributed by atoms with Crippen LogP contribution in [0.5, 0.6) is 0 Å². The number of rotatable bonds is 5. The molecule has 1 aliphatic carbocycles. The van der Waals surface area contributed by atoms with E-state index in [9.17, 15) is 28.1 Å². The summed E-state index contributed by atoms with van der Waals surface area (Å²) in [6.07, 6.45) is -3.03. The van der Waals surface area contributed by atoms with Crippen LogP contribution in [0.1, 0.15) is 35.6 Å². The maximum atomic E-state index is 12.7. The zero-order valence-corrected chi connectivity index (χ0v) is 12.8. The summed E-state index contributed by atoms with van der Waals surface area (Å²) in [7, 11) is 0. The lowest BCUT2D eigenvalue weighted by atomic mass is 10.1. The lowest BCUT2D eigenvalue weighted by molar-refractivity contribution is -0.385. The molecular formula is C15H13F3N4O3. The fourth-order valence-corrected chi connectivity index (χ4v) is 2.42. The fraction of sp³-hybridized carbons (Fsp3) is 0.333. The largest absolute Gasteiger partial charge is 0.416 e. The Balaban J connectivity index is 1.74. The van der Waals surface area contributed by atoms with Crippen molar-refractivity contribution in [3.8, 4) is 0 Å². The molecule has 1 fully saturated rings. The number of amides is 1. The molecule has 1 aromatic heterocycles. The van der Waals surface area contributed by atoms with Gasteiger partial charge in [0.1, 0.15) is 0 Å². The Hall–Kier alpha value is -2.91. The summed E-state index contributed by atoms with van der Waals surface area (Å²) in [6.45, 7) is 0. The zero-order valence-electron chi connectivity index (χ0n) is 12.8. The van der Waals surface area contributed by atoms with E-state index in [1.807, 2.05) is 0 Å². The zero-order chi connectivity index (χ0) is 18.2. The van der Waals surface area contributed by atoms with Crippen molar-refractivity contribution in [2.45, 2.75) is 31.4 Å². The number of benzene rings is 1. The highest BCUT2D eigenvalue weighted by Gasteiger charge is 2.33. The predicted octanol–water partition coefficient (Wildman–Crippen LogP) is 3.40. The number of aromatic nitrogens is 2. The van der Waals surface area contributed by atoms with Gasteiger partial charge < -0.3 is 5.32 Å². The van der Waals surface area contributed by atoms with Gasteiger partial charge in [0.25, 0.3) is 5.69 Å². The highest BCUT2D eigenvalue weighted by Crippen LogP contribution is 2.39. The maximum Gasteiger partial charge on any atom is 0.416 e. The van der Waals surface area contributed by atoms with E-state index in [0.717, 1.165) is 30.7 Å². The minimum atomic E-state index is -4.69. The Kier molecular flexibility index (Phi) is 4.19. The number of nitrogens with zero attached hydrogens (tertiary/aromatic N) is 2. The van der Waals surface area contributed by atoms with Crippen LogP contribution in [0.4, 0.5) is 24.7 Å². The molecule has 25 heavy (non-hydrogen) atoms. The van der Waals surface area contributed by atoms with E-state index in [4.69, 9.17) is 0 Å². The number of carbonyl (C=O) groups excluding carboxylic acids is 1. The summed E-state index contributed by atoms with van der Waals surface area (Å²) in [5, 5.41) is 20.2. The Bertz CT molecular complexity index is 828. The van der Waals surface area contributed by atoms with Crippen LogP contribution in [-0.2, 0) is 17.4 Å². The molecule has 0 atom stereocenters. The molecule has 0 aliphatic heterocycles. The Morgan fingerprint density at radius 1 is 1.36 bits per heavy atom. The second-order valence-corrected chi connectivity index (χ2v) is 5.81. The SMILES string of the molecule is O=C(Cc1ccc(C(F)(F)F)cc1[N+](=O)[O-])Nc1cc(C2CC2)[nH]n1. The van der Waals surface area contributed by atoms with Crippen molar-refractivity contribution in [1.82, 2.24) is 10.2 Å². The average molecular weight is 354 g/mol. The van der Waals surface area contributed by atoms with Gasteiger partial charge in [0.2, 0.25) is 5.91 Å². The van der Waals surface area contributed by atoms with E-state index in [0.29, 0.717) is 12.0 Å². The number of nitrogens with one attached hydrogen (secondary N) is 2. The van der Waals surface area contributed by atoms with Crippen molar-refractivity contribution in [1.29, 1.82) is 0 Å². The molecule has 2 N–H and O–H groups in total. The molecule has 1 amide bonds. The Morgan fingerprint density at radius 3 is 2.68 bits per heavy atom. The van der Waals surface area contributed by atoms with Gasteiger partial charge in [0.15, 0.2) is 5.82 Å². The lowest BCUT2D eigenvalue weighted by Crippen LogP contribution is -2.16. The number of anilines is 1. The summed E-state index contributed by atoms with van der Waals surface area (Å²) >= 11 is 0. The highest BCUT2D eigenvalue weighted by molar-refractivity contribution is 5.92. The standard InChI is InChI=1S/C15H13F3N4O3/c16-15(17,18)10-4-3-9(12(6-10)22(24)25)5-14(23)19-13-7-11(20-21-13)8-1-2-8/h3-4,6-8H,1-2,5H2,(H2,19,20,21,23). The van der Waals surface area contributed by atoms with Crippen LogP contribution in [0.15, 0.2) is 24.3 Å². The average Bonchev–Trinajstić information content (AvgIpc) is 3.26. The molecule has 1 saturated carbocycles. The second kappa shape index (κ2) is 6.19. The number of hydrogen-bond acceptors (Lipinski definition) is 4. The van der Waals surface area contributed by atoms with Crippen molar-refractivity contribution in [3.05, 3.63) is 51.2 Å². The number of aromatic amines is 1. The van der Waals surface area contributed by atoms with Gasteiger partial charge in [-0.25, -0.2) is 0 Å². The first kappa shape index (κ1) is 16.9. The van der Waals surface area contributed by atoms with E-state index in [2.05, 4.69) is 15.5 Å². The maximum absolute atomic E-state index is 12.7. The number of H-pyrrole nitrogens is 1. The Labute approximate surface area is 139 Å². The summed E-state index contributed by atoms with van der Waals surface area (Å²) < 4.78 is 38.0. The number of hydrogen-bond donors (Lipinski definition) is 2. The van der Waals surface area contributed by atoms with Gasteiger partial charge in [-0.05, 0) is 18.9 Å². The van der Waals surface area contributed by atoms with Gasteiger partial charge in [0.05, 0.1) is 16.9 Å². The first-order chi connectivity index (χ1) is 11.7. The molecular weight excluding hydrogens is 341 g/mol. The monoisotopic (exact) mass is 354 g/mol. The summed E-state index contributed by atoms with van der Waals surface area (Å²) in [6, 6.07) is 3.77. The summed E-state index contributed by atoms with van der Waals surface area (Å²) in [4.78, 5) is 22.1. The summed E-state index contributed by atoms with van der Waals surface area (Å²) in [5.41, 5.74) is -1.08. The lowest BCUT2D eigenvalue weighted by Gasteiger charge is -2.08. The third kappa shape index (κ3) is 3.95. The Morgan fingerprint density at radius 2 is 2.08 bits per heavy atom. The van der Waals surface area contributed by atoms with E-state index in [1.165, 1.54) is 0 Å². The van der Waals surface area contributed by atoms with E-state index in [1.54, 1.807) is 6.07 Å². The van der Waals surface area contributed by atoms with Gasteiger partial charge in [0, 0.05) is 29.3 Å². The molecule has 7 nitrogen and oxygen atoms in total. The van der Waals surface area contributed by atoms with Crippen LogP contribution in [0.25, 0.3) is 0 Å². The van der Waals surface area contributed by atoms with Gasteiger partial charge in [-0.15, -0.1) is 0 Å². The van der Waals surface area contributed by atoms with Crippen LogP contribution < -0.4 is 5.32 Å². The highest BCUT2D eigenvalue weighted by atomic mass is 19.4. The predicted molar refractivity (Wildman–Crippen MR) is 81.0 cm³/mol. The van der Waals surface area contributed by atoms with Gasteiger partial charge in [-0.3, -0.25) is 20.0 Å². The van der Waals surface area contributed by atoms with Crippen molar-refractivity contribution >= 4 is 17.4 Å². The topological polar surface area (TPSA) is 101 Å². The summed E-state index contributed by atoms with van der Waals surface area (Å²) in [5.74, 6) is 0.0901. The van der Waals surface area contributed by atoms with Crippen molar-refractivity contribution < 1.29 is 22.9 Å². The van der Waals surface area contributed by atoms with Gasteiger partial charge in [-0.1, -0.05) is 6.07 Å². The van der Waals surface area contributed by atoms with Crippen LogP contribution in [0.2, 0.25) is 0 Å². The third-order valence-electron chi connectivity index (χ3n) is 3.84. The minimum absolute atomic E-state index is 0.103. The van der Waals surface area contributed by atoms with Gasteiger partial charge in [-0.2, -0.15) is 18.3 Å². The van der Waals surface area contributed by atoms with Crippen molar-refractivity contribution in [3.63, 3.8) is 0 Å². The fourth-order valence-electron chi connectivity index (χ4n) is 2.42. The van der Waals surface area contributed by atoms with Crippen molar-refractivity contribution in [2.24, 2.45) is 0 Å². The molecule has 132 valence electrons. The molecule has 0 saturated heterocycles. The first-order valence-electron chi connectivity index (χ1n) is 7.43.